The molecule has 4 nitrogen and oxygen atoms in total. The lowest BCUT2D eigenvalue weighted by molar-refractivity contribution is 0.146. The molecular weight excluding hydrogens is 310 g/mol. The average Bonchev–Trinajstić information content (AvgIpc) is 2.48. The van der Waals surface area contributed by atoms with Crippen LogP contribution in [-0.2, 0) is 10.0 Å². The van der Waals surface area contributed by atoms with E-state index in [2.05, 4.69) is 4.72 Å². The number of aliphatic hydroxyl groups is 1. The molecule has 0 amide bonds. The molecule has 112 valence electrons. The van der Waals surface area contributed by atoms with E-state index in [0.29, 0.717) is 10.6 Å². The molecule has 6 heteroatoms. The van der Waals surface area contributed by atoms with Gasteiger partial charge in [0.25, 0.3) is 0 Å². The van der Waals surface area contributed by atoms with Crippen LogP contribution in [0.15, 0.2) is 59.5 Å². The first-order chi connectivity index (χ1) is 9.90. The summed E-state index contributed by atoms with van der Waals surface area (Å²) in [6, 6.07) is 14.0. The van der Waals surface area contributed by atoms with Gasteiger partial charge in [0.2, 0.25) is 10.0 Å². The zero-order valence-corrected chi connectivity index (χ0v) is 13.0. The van der Waals surface area contributed by atoms with Crippen molar-refractivity contribution in [1.29, 1.82) is 0 Å². The van der Waals surface area contributed by atoms with Crippen LogP contribution in [0.3, 0.4) is 0 Å². The van der Waals surface area contributed by atoms with E-state index in [1.807, 2.05) is 0 Å². The molecule has 2 rings (SSSR count). The van der Waals surface area contributed by atoms with Crippen LogP contribution in [0.25, 0.3) is 0 Å². The molecule has 0 radical (unpaired) electrons. The van der Waals surface area contributed by atoms with E-state index in [-0.39, 0.29) is 4.90 Å². The Morgan fingerprint density at radius 1 is 1.05 bits per heavy atom. The Kier molecular flexibility index (Phi) is 5.00. The van der Waals surface area contributed by atoms with Crippen molar-refractivity contribution in [3.05, 3.63) is 65.2 Å². The van der Waals surface area contributed by atoms with Gasteiger partial charge in [0, 0.05) is 11.1 Å². The summed E-state index contributed by atoms with van der Waals surface area (Å²) in [6.07, 6.45) is -0.958. The van der Waals surface area contributed by atoms with Crippen LogP contribution in [0.5, 0.6) is 0 Å². The Morgan fingerprint density at radius 3 is 2.19 bits per heavy atom. The topological polar surface area (TPSA) is 66.4 Å². The van der Waals surface area contributed by atoms with Gasteiger partial charge in [-0.15, -0.1) is 0 Å². The monoisotopic (exact) mass is 325 g/mol. The first-order valence-corrected chi connectivity index (χ1v) is 8.27. The maximum atomic E-state index is 12.2. The quantitative estimate of drug-likeness (QED) is 0.888. The summed E-state index contributed by atoms with van der Waals surface area (Å²) in [6.45, 7) is 1.61. The Morgan fingerprint density at radius 2 is 1.62 bits per heavy atom. The van der Waals surface area contributed by atoms with E-state index in [0.717, 1.165) is 0 Å². The SMILES string of the molecule is C[C@H](NS(=O)(=O)c1ccccc1)[C@@H](O)c1ccc(Cl)cc1. The van der Waals surface area contributed by atoms with Crippen molar-refractivity contribution < 1.29 is 13.5 Å². The predicted molar refractivity (Wildman–Crippen MR) is 82.6 cm³/mol. The molecule has 0 heterocycles. The van der Waals surface area contributed by atoms with Gasteiger partial charge in [-0.05, 0) is 36.8 Å². The van der Waals surface area contributed by atoms with Crippen LogP contribution < -0.4 is 4.72 Å². The fraction of sp³-hybridized carbons (Fsp3) is 0.200. The normalized spacial score (nSPS) is 14.6. The maximum Gasteiger partial charge on any atom is 0.240 e. The van der Waals surface area contributed by atoms with Crippen molar-refractivity contribution in [2.75, 3.05) is 0 Å². The standard InChI is InChI=1S/C15H16ClNO3S/c1-11(15(18)12-7-9-13(16)10-8-12)17-21(19,20)14-5-3-2-4-6-14/h2-11,15,17-18H,1H3/t11-,15+/m0/s1. The molecule has 0 aliphatic carbocycles. The van der Waals surface area contributed by atoms with Crippen LogP contribution in [0, 0.1) is 0 Å². The smallest absolute Gasteiger partial charge is 0.240 e. The van der Waals surface area contributed by atoms with Crippen molar-refractivity contribution in [3.63, 3.8) is 0 Å². The number of rotatable bonds is 5. The number of hydrogen-bond acceptors (Lipinski definition) is 3. The highest BCUT2D eigenvalue weighted by Gasteiger charge is 2.23. The highest BCUT2D eigenvalue weighted by Crippen LogP contribution is 2.20. The van der Waals surface area contributed by atoms with Gasteiger partial charge in [0.1, 0.15) is 0 Å². The first kappa shape index (κ1) is 16.0. The number of sulfonamides is 1. The van der Waals surface area contributed by atoms with E-state index in [1.165, 1.54) is 12.1 Å². The summed E-state index contributed by atoms with van der Waals surface area (Å²) >= 11 is 5.79. The van der Waals surface area contributed by atoms with Crippen LogP contribution in [0.4, 0.5) is 0 Å². The zero-order chi connectivity index (χ0) is 15.5. The summed E-state index contributed by atoms with van der Waals surface area (Å²) in [7, 11) is -3.66. The predicted octanol–water partition coefficient (Wildman–Crippen LogP) is 2.74. The molecule has 2 atom stereocenters. The van der Waals surface area contributed by atoms with Gasteiger partial charge < -0.3 is 5.11 Å². The summed E-state index contributed by atoms with van der Waals surface area (Å²) in [5, 5.41) is 10.8. The molecular formula is C15H16ClNO3S. The van der Waals surface area contributed by atoms with Gasteiger partial charge in [0.05, 0.1) is 11.0 Å². The second-order valence-corrected chi connectivity index (χ2v) is 6.87. The Labute approximate surface area is 129 Å². The largest absolute Gasteiger partial charge is 0.387 e. The fourth-order valence-electron chi connectivity index (χ4n) is 1.93. The van der Waals surface area contributed by atoms with Crippen LogP contribution in [0.1, 0.15) is 18.6 Å². The molecule has 0 aliphatic rings. The molecule has 2 aromatic carbocycles. The summed E-state index contributed by atoms with van der Waals surface area (Å²) < 4.78 is 26.9. The minimum Gasteiger partial charge on any atom is -0.387 e. The van der Waals surface area contributed by atoms with E-state index in [4.69, 9.17) is 11.6 Å². The maximum absolute atomic E-state index is 12.2. The highest BCUT2D eigenvalue weighted by atomic mass is 35.5. The summed E-state index contributed by atoms with van der Waals surface area (Å²) in [5.41, 5.74) is 0.600. The van der Waals surface area contributed by atoms with E-state index < -0.39 is 22.2 Å². The molecule has 0 aromatic heterocycles. The Balaban J connectivity index is 2.14. The Hall–Kier alpha value is -1.40. The van der Waals surface area contributed by atoms with Crippen LogP contribution in [0.2, 0.25) is 5.02 Å². The second kappa shape index (κ2) is 6.58. The van der Waals surface area contributed by atoms with Gasteiger partial charge >= 0.3 is 0 Å². The minimum atomic E-state index is -3.66. The molecule has 2 N–H and O–H groups in total. The third-order valence-corrected chi connectivity index (χ3v) is 4.91. The van der Waals surface area contributed by atoms with Crippen LogP contribution >= 0.6 is 11.6 Å². The zero-order valence-electron chi connectivity index (χ0n) is 11.4. The third-order valence-electron chi connectivity index (χ3n) is 3.08. The Bertz CT molecular complexity index is 687. The number of aliphatic hydroxyl groups excluding tert-OH is 1. The third kappa shape index (κ3) is 4.04. The molecule has 0 aliphatic heterocycles. The molecule has 2 aromatic rings. The lowest BCUT2D eigenvalue weighted by Gasteiger charge is -2.20. The van der Waals surface area contributed by atoms with E-state index in [1.54, 1.807) is 49.4 Å². The van der Waals surface area contributed by atoms with Crippen molar-refractivity contribution in [2.45, 2.75) is 24.0 Å². The van der Waals surface area contributed by atoms with Crippen molar-refractivity contribution in [1.82, 2.24) is 4.72 Å². The lowest BCUT2D eigenvalue weighted by Crippen LogP contribution is -2.37. The van der Waals surface area contributed by atoms with Gasteiger partial charge in [-0.1, -0.05) is 41.9 Å². The highest BCUT2D eigenvalue weighted by molar-refractivity contribution is 7.89. The molecule has 0 bridgehead atoms. The molecule has 0 saturated heterocycles. The minimum absolute atomic E-state index is 0.167. The second-order valence-electron chi connectivity index (χ2n) is 4.72. The molecule has 0 fully saturated rings. The number of benzene rings is 2. The van der Waals surface area contributed by atoms with Gasteiger partial charge in [-0.25, -0.2) is 13.1 Å². The van der Waals surface area contributed by atoms with Crippen molar-refractivity contribution in [3.8, 4) is 0 Å². The van der Waals surface area contributed by atoms with Crippen LogP contribution in [-0.4, -0.2) is 19.6 Å². The number of halogens is 1. The summed E-state index contributed by atoms with van der Waals surface area (Å²) in [4.78, 5) is 0.167. The molecule has 21 heavy (non-hydrogen) atoms. The number of hydrogen-bond donors (Lipinski definition) is 2. The van der Waals surface area contributed by atoms with E-state index >= 15 is 0 Å². The molecule has 0 saturated carbocycles. The number of nitrogens with one attached hydrogen (secondary N) is 1. The van der Waals surface area contributed by atoms with Crippen molar-refractivity contribution in [2.24, 2.45) is 0 Å². The van der Waals surface area contributed by atoms with Crippen molar-refractivity contribution >= 4 is 21.6 Å². The molecule has 0 spiro atoms. The lowest BCUT2D eigenvalue weighted by atomic mass is 10.0. The summed E-state index contributed by atoms with van der Waals surface area (Å²) in [5.74, 6) is 0. The van der Waals surface area contributed by atoms with Gasteiger partial charge in [-0.3, -0.25) is 0 Å². The average molecular weight is 326 g/mol. The van der Waals surface area contributed by atoms with Gasteiger partial charge in [0.15, 0.2) is 0 Å². The van der Waals surface area contributed by atoms with Gasteiger partial charge in [-0.2, -0.15) is 0 Å². The van der Waals surface area contributed by atoms with E-state index in [9.17, 15) is 13.5 Å². The molecule has 0 unspecified atom stereocenters. The fourth-order valence-corrected chi connectivity index (χ4v) is 3.32. The first-order valence-electron chi connectivity index (χ1n) is 6.41.